The second-order valence-electron chi connectivity index (χ2n) is 5.34. The van der Waals surface area contributed by atoms with Crippen molar-refractivity contribution < 1.29 is 0 Å². The Balaban J connectivity index is 1.70. The van der Waals surface area contributed by atoms with Gasteiger partial charge in [0, 0.05) is 0 Å². The first-order chi connectivity index (χ1) is 9.38. The molecule has 1 aliphatic rings. The van der Waals surface area contributed by atoms with Crippen LogP contribution < -0.4 is 9.78 Å². The van der Waals surface area contributed by atoms with Crippen molar-refractivity contribution in [2.75, 3.05) is 0 Å². The third kappa shape index (κ3) is 5.52. The van der Waals surface area contributed by atoms with Crippen LogP contribution in [0.2, 0.25) is 5.32 Å². The van der Waals surface area contributed by atoms with Crippen molar-refractivity contribution in [3.05, 3.63) is 43.0 Å². The van der Waals surface area contributed by atoms with E-state index in [2.05, 4.69) is 42.2 Å². The van der Waals surface area contributed by atoms with E-state index in [1.165, 1.54) is 41.9 Å². The molecule has 0 radical (unpaired) electrons. The molecule has 1 heterocycles. The maximum atomic E-state index is 3.86. The van der Waals surface area contributed by atoms with Crippen LogP contribution in [0.25, 0.3) is 0 Å². The molecule has 19 heavy (non-hydrogen) atoms. The topological polar surface area (TPSA) is 12.0 Å². The summed E-state index contributed by atoms with van der Waals surface area (Å²) in [7, 11) is 0. The van der Waals surface area contributed by atoms with E-state index in [1.54, 1.807) is 0 Å². The summed E-state index contributed by atoms with van der Waals surface area (Å²) >= 11 is 0.627. The van der Waals surface area contributed by atoms with Gasteiger partial charge in [-0.1, -0.05) is 0 Å². The molecule has 1 aliphatic heterocycles. The number of allylic oxidation sites excluding steroid dienone is 1. The average Bonchev–Trinajstić information content (AvgIpc) is 2.47. The van der Waals surface area contributed by atoms with Gasteiger partial charge in [0.1, 0.15) is 0 Å². The van der Waals surface area contributed by atoms with Crippen LogP contribution in [0, 0.1) is 0 Å². The molecule has 0 aromatic heterocycles. The number of hydrogen-bond acceptors (Lipinski definition) is 1. The van der Waals surface area contributed by atoms with Crippen molar-refractivity contribution in [2.45, 2.75) is 55.9 Å². The number of benzene rings is 1. The molecule has 0 amide bonds. The molecule has 1 fully saturated rings. The van der Waals surface area contributed by atoms with Crippen molar-refractivity contribution in [2.24, 2.45) is 0 Å². The fourth-order valence-corrected chi connectivity index (χ4v) is 4.80. The Hall–Kier alpha value is -0.561. The first kappa shape index (κ1) is 14.8. The van der Waals surface area contributed by atoms with E-state index in [9.17, 15) is 0 Å². The molecule has 1 nitrogen and oxygen atoms in total. The number of hydrogen-bond donors (Lipinski definition) is 1. The van der Waals surface area contributed by atoms with E-state index in [1.807, 2.05) is 6.08 Å². The number of rotatable bonds is 7. The summed E-state index contributed by atoms with van der Waals surface area (Å²) < 4.78 is 1.53. The Morgan fingerprint density at radius 3 is 2.79 bits per heavy atom. The molecular formula is C17H25NSe. The molecule has 1 saturated heterocycles. The summed E-state index contributed by atoms with van der Waals surface area (Å²) in [4.78, 5) is 0. The van der Waals surface area contributed by atoms with Gasteiger partial charge in [-0.3, -0.25) is 0 Å². The fourth-order valence-electron chi connectivity index (χ4n) is 2.69. The van der Waals surface area contributed by atoms with Crippen LogP contribution in [0.5, 0.6) is 0 Å². The zero-order valence-electron chi connectivity index (χ0n) is 11.7. The van der Waals surface area contributed by atoms with Gasteiger partial charge in [0.25, 0.3) is 0 Å². The van der Waals surface area contributed by atoms with Crippen LogP contribution in [0.15, 0.2) is 43.0 Å². The Morgan fingerprint density at radius 2 is 2.00 bits per heavy atom. The van der Waals surface area contributed by atoms with Gasteiger partial charge in [0.15, 0.2) is 0 Å². The Kier molecular flexibility index (Phi) is 6.70. The predicted molar refractivity (Wildman–Crippen MR) is 85.2 cm³/mol. The summed E-state index contributed by atoms with van der Waals surface area (Å²) in [5.74, 6) is 0. The Morgan fingerprint density at radius 1 is 1.21 bits per heavy atom. The van der Waals surface area contributed by atoms with E-state index in [0.717, 1.165) is 18.5 Å². The Labute approximate surface area is 124 Å². The van der Waals surface area contributed by atoms with Crippen molar-refractivity contribution in [1.29, 1.82) is 0 Å². The van der Waals surface area contributed by atoms with Gasteiger partial charge in [0.2, 0.25) is 0 Å². The molecule has 1 N–H and O–H groups in total. The van der Waals surface area contributed by atoms with E-state index >= 15 is 0 Å². The van der Waals surface area contributed by atoms with Gasteiger partial charge in [-0.15, -0.1) is 0 Å². The molecule has 1 aromatic carbocycles. The SMILES string of the molecule is C=CCCC[C@H]1CCC[C@@H](C[Se]c2ccccc2)N1. The standard InChI is InChI=1S/C17H25NSe/c1-2-3-5-9-15-10-8-11-16(18-15)14-19-17-12-6-4-7-13-17/h2,4,6-7,12-13,15-16,18H,1,3,5,8-11,14H2/t15-,16-/m0/s1. The summed E-state index contributed by atoms with van der Waals surface area (Å²) in [5.41, 5.74) is 0. The normalized spacial score (nSPS) is 23.2. The van der Waals surface area contributed by atoms with E-state index < -0.39 is 0 Å². The molecule has 2 rings (SSSR count). The summed E-state index contributed by atoms with van der Waals surface area (Å²) in [5, 5.41) is 5.21. The van der Waals surface area contributed by atoms with Crippen molar-refractivity contribution >= 4 is 19.4 Å². The van der Waals surface area contributed by atoms with E-state index in [4.69, 9.17) is 0 Å². The van der Waals surface area contributed by atoms with Crippen LogP contribution in [0.3, 0.4) is 0 Å². The maximum absolute atomic E-state index is 3.86. The molecule has 104 valence electrons. The number of nitrogens with one attached hydrogen (secondary N) is 1. The molecule has 1 aromatic rings. The van der Waals surface area contributed by atoms with Crippen LogP contribution >= 0.6 is 0 Å². The fraction of sp³-hybridized carbons (Fsp3) is 0.529. The molecule has 2 atom stereocenters. The predicted octanol–water partition coefficient (Wildman–Crippen LogP) is 3.30. The van der Waals surface area contributed by atoms with Gasteiger partial charge >= 0.3 is 124 Å². The molecule has 0 bridgehead atoms. The molecule has 0 aliphatic carbocycles. The van der Waals surface area contributed by atoms with Gasteiger partial charge in [-0.25, -0.2) is 0 Å². The van der Waals surface area contributed by atoms with Gasteiger partial charge in [0.05, 0.1) is 0 Å². The summed E-state index contributed by atoms with van der Waals surface area (Å²) in [6.45, 7) is 3.80. The third-order valence-electron chi connectivity index (χ3n) is 3.73. The second-order valence-corrected chi connectivity index (χ2v) is 7.63. The Bertz CT molecular complexity index is 363. The summed E-state index contributed by atoms with van der Waals surface area (Å²) in [6.07, 6.45) is 9.95. The third-order valence-corrected chi connectivity index (χ3v) is 6.20. The van der Waals surface area contributed by atoms with Crippen molar-refractivity contribution in [3.8, 4) is 0 Å². The molecule has 0 unspecified atom stereocenters. The number of unbranched alkanes of at least 4 members (excludes halogenated alkanes) is 1. The molecular weight excluding hydrogens is 297 g/mol. The van der Waals surface area contributed by atoms with E-state index in [-0.39, 0.29) is 0 Å². The van der Waals surface area contributed by atoms with Crippen LogP contribution in [0.1, 0.15) is 38.5 Å². The monoisotopic (exact) mass is 323 g/mol. The van der Waals surface area contributed by atoms with Crippen LogP contribution in [0.4, 0.5) is 0 Å². The summed E-state index contributed by atoms with van der Waals surface area (Å²) in [6, 6.07) is 12.5. The minimum atomic E-state index is 0.627. The molecule has 2 heteroatoms. The van der Waals surface area contributed by atoms with Crippen molar-refractivity contribution in [1.82, 2.24) is 5.32 Å². The molecule has 0 saturated carbocycles. The van der Waals surface area contributed by atoms with Crippen molar-refractivity contribution in [3.63, 3.8) is 0 Å². The van der Waals surface area contributed by atoms with Crippen LogP contribution in [-0.2, 0) is 0 Å². The average molecular weight is 322 g/mol. The van der Waals surface area contributed by atoms with Gasteiger partial charge < -0.3 is 0 Å². The van der Waals surface area contributed by atoms with Crippen LogP contribution in [-0.4, -0.2) is 27.0 Å². The minimum absolute atomic E-state index is 0.627. The van der Waals surface area contributed by atoms with E-state index in [0.29, 0.717) is 15.0 Å². The zero-order chi connectivity index (χ0) is 13.3. The number of piperidine rings is 1. The first-order valence-corrected chi connectivity index (χ1v) is 9.50. The van der Waals surface area contributed by atoms with Gasteiger partial charge in [-0.05, 0) is 0 Å². The first-order valence-electron chi connectivity index (χ1n) is 7.43. The quantitative estimate of drug-likeness (QED) is 0.461. The molecule has 0 spiro atoms. The van der Waals surface area contributed by atoms with Gasteiger partial charge in [-0.2, -0.15) is 0 Å². The zero-order valence-corrected chi connectivity index (χ0v) is 13.4. The second kappa shape index (κ2) is 8.58.